The van der Waals surface area contributed by atoms with Gasteiger partial charge in [-0.3, -0.25) is 0 Å². The normalized spacial score (nSPS) is 23.1. The summed E-state index contributed by atoms with van der Waals surface area (Å²) in [7, 11) is 0. The maximum Gasteiger partial charge on any atom is 0.133 e. The molecule has 0 spiro atoms. The van der Waals surface area contributed by atoms with Crippen molar-refractivity contribution in [3.63, 3.8) is 0 Å². The molecule has 2 rings (SSSR count). The predicted molar refractivity (Wildman–Crippen MR) is 55.4 cm³/mol. The summed E-state index contributed by atoms with van der Waals surface area (Å²) < 4.78 is 16.3. The number of hydrogen-bond donors (Lipinski definition) is 1. The largest absolute Gasteiger partial charge is 0.467 e. The maximum absolute atomic E-state index is 5.72. The molecule has 0 bridgehead atoms. The van der Waals surface area contributed by atoms with Crippen molar-refractivity contribution in [2.75, 3.05) is 26.4 Å². The van der Waals surface area contributed by atoms with E-state index in [9.17, 15) is 0 Å². The molecule has 15 heavy (non-hydrogen) atoms. The topological polar surface area (TPSA) is 57.6 Å². The summed E-state index contributed by atoms with van der Waals surface area (Å²) in [5.74, 6) is 1.31. The van der Waals surface area contributed by atoms with Crippen LogP contribution in [0, 0.1) is 5.92 Å². The van der Waals surface area contributed by atoms with E-state index in [-0.39, 0.29) is 6.10 Å². The van der Waals surface area contributed by atoms with Crippen molar-refractivity contribution in [3.8, 4) is 0 Å². The quantitative estimate of drug-likeness (QED) is 0.798. The van der Waals surface area contributed by atoms with E-state index in [1.165, 1.54) is 0 Å². The molecule has 4 nitrogen and oxygen atoms in total. The molecule has 2 unspecified atom stereocenters. The van der Waals surface area contributed by atoms with Crippen molar-refractivity contribution in [2.24, 2.45) is 11.7 Å². The van der Waals surface area contributed by atoms with Gasteiger partial charge in [-0.2, -0.15) is 0 Å². The third-order valence-electron chi connectivity index (χ3n) is 2.63. The minimum atomic E-state index is -0.124. The van der Waals surface area contributed by atoms with Crippen molar-refractivity contribution < 1.29 is 13.9 Å². The summed E-state index contributed by atoms with van der Waals surface area (Å²) in [6.07, 6.45) is 2.59. The van der Waals surface area contributed by atoms with Crippen molar-refractivity contribution in [3.05, 3.63) is 24.2 Å². The van der Waals surface area contributed by atoms with Gasteiger partial charge in [0.1, 0.15) is 11.9 Å². The van der Waals surface area contributed by atoms with Crippen LogP contribution in [-0.4, -0.2) is 26.4 Å². The molecule has 1 saturated heterocycles. The lowest BCUT2D eigenvalue weighted by Crippen LogP contribution is -2.19. The average Bonchev–Trinajstić information content (AvgIpc) is 2.90. The van der Waals surface area contributed by atoms with Crippen LogP contribution in [0.15, 0.2) is 22.8 Å². The van der Waals surface area contributed by atoms with Crippen molar-refractivity contribution >= 4 is 0 Å². The van der Waals surface area contributed by atoms with E-state index in [0.717, 1.165) is 25.4 Å². The zero-order chi connectivity index (χ0) is 10.5. The van der Waals surface area contributed by atoms with Crippen LogP contribution in [0.1, 0.15) is 18.3 Å². The van der Waals surface area contributed by atoms with Gasteiger partial charge in [-0.15, -0.1) is 0 Å². The molecule has 0 radical (unpaired) electrons. The Morgan fingerprint density at radius 2 is 2.53 bits per heavy atom. The first-order valence-electron chi connectivity index (χ1n) is 5.33. The lowest BCUT2D eigenvalue weighted by atomic mass is 10.1. The van der Waals surface area contributed by atoms with Gasteiger partial charge >= 0.3 is 0 Å². The van der Waals surface area contributed by atoms with Crippen LogP contribution in [-0.2, 0) is 9.47 Å². The molecule has 0 aliphatic carbocycles. The summed E-state index contributed by atoms with van der Waals surface area (Å²) in [5.41, 5.74) is 5.63. The molecule has 2 N–H and O–H groups in total. The standard InChI is InChI=1S/C11H17NO3/c12-6-11(10-2-1-4-14-10)15-8-9-3-5-13-7-9/h1-2,4,9,11H,3,5-8,12H2. The van der Waals surface area contributed by atoms with E-state index in [1.54, 1.807) is 6.26 Å². The van der Waals surface area contributed by atoms with Crippen molar-refractivity contribution in [1.82, 2.24) is 0 Å². The molecule has 84 valence electrons. The highest BCUT2D eigenvalue weighted by Crippen LogP contribution is 2.20. The molecule has 1 fully saturated rings. The minimum Gasteiger partial charge on any atom is -0.467 e. The first kappa shape index (κ1) is 10.7. The maximum atomic E-state index is 5.72. The molecule has 4 heteroatoms. The molecule has 1 aromatic rings. The van der Waals surface area contributed by atoms with Crippen LogP contribution >= 0.6 is 0 Å². The van der Waals surface area contributed by atoms with E-state index < -0.39 is 0 Å². The SMILES string of the molecule is NCC(OCC1CCOC1)c1ccco1. The van der Waals surface area contributed by atoms with Crippen LogP contribution in [0.25, 0.3) is 0 Å². The number of rotatable bonds is 5. The number of furan rings is 1. The Balaban J connectivity index is 1.80. The molecule has 1 aliphatic rings. The molecular formula is C11H17NO3. The first-order chi connectivity index (χ1) is 7.40. The van der Waals surface area contributed by atoms with Gasteiger partial charge in [0.15, 0.2) is 0 Å². The average molecular weight is 211 g/mol. The molecule has 0 saturated carbocycles. The Labute approximate surface area is 89.3 Å². The predicted octanol–water partition coefficient (Wildman–Crippen LogP) is 1.33. The number of nitrogens with two attached hydrogens (primary N) is 1. The van der Waals surface area contributed by atoms with Gasteiger partial charge in [-0.1, -0.05) is 0 Å². The third kappa shape index (κ3) is 2.81. The van der Waals surface area contributed by atoms with E-state index in [2.05, 4.69) is 0 Å². The van der Waals surface area contributed by atoms with E-state index in [1.807, 2.05) is 12.1 Å². The second-order valence-electron chi connectivity index (χ2n) is 3.80. The molecule has 2 heterocycles. The second kappa shape index (κ2) is 5.30. The molecule has 1 aliphatic heterocycles. The van der Waals surface area contributed by atoms with E-state index >= 15 is 0 Å². The summed E-state index contributed by atoms with van der Waals surface area (Å²) in [4.78, 5) is 0. The summed E-state index contributed by atoms with van der Waals surface area (Å²) >= 11 is 0. The highest BCUT2D eigenvalue weighted by Gasteiger charge is 2.19. The first-order valence-corrected chi connectivity index (χ1v) is 5.33. The molecular weight excluding hydrogens is 194 g/mol. The van der Waals surface area contributed by atoms with Gasteiger partial charge in [-0.05, 0) is 18.6 Å². The zero-order valence-electron chi connectivity index (χ0n) is 8.72. The van der Waals surface area contributed by atoms with Crippen molar-refractivity contribution in [2.45, 2.75) is 12.5 Å². The Morgan fingerprint density at radius 3 is 3.13 bits per heavy atom. The Kier molecular flexibility index (Phi) is 3.77. The molecule has 2 atom stereocenters. The molecule has 1 aromatic heterocycles. The van der Waals surface area contributed by atoms with Gasteiger partial charge in [0.2, 0.25) is 0 Å². The minimum absolute atomic E-state index is 0.124. The van der Waals surface area contributed by atoms with Crippen molar-refractivity contribution in [1.29, 1.82) is 0 Å². The zero-order valence-corrected chi connectivity index (χ0v) is 8.72. The fourth-order valence-electron chi connectivity index (χ4n) is 1.71. The van der Waals surface area contributed by atoms with E-state index in [4.69, 9.17) is 19.6 Å². The fraction of sp³-hybridized carbons (Fsp3) is 0.636. The Morgan fingerprint density at radius 1 is 1.60 bits per heavy atom. The molecule has 0 amide bonds. The summed E-state index contributed by atoms with van der Waals surface area (Å²) in [5, 5.41) is 0. The number of hydrogen-bond acceptors (Lipinski definition) is 4. The summed E-state index contributed by atoms with van der Waals surface area (Å²) in [6, 6.07) is 3.74. The smallest absolute Gasteiger partial charge is 0.133 e. The van der Waals surface area contributed by atoms with E-state index in [0.29, 0.717) is 19.1 Å². The third-order valence-corrected chi connectivity index (χ3v) is 2.63. The van der Waals surface area contributed by atoms with Crippen LogP contribution in [0.2, 0.25) is 0 Å². The highest BCUT2D eigenvalue weighted by atomic mass is 16.5. The van der Waals surface area contributed by atoms with Crippen LogP contribution < -0.4 is 5.73 Å². The lowest BCUT2D eigenvalue weighted by Gasteiger charge is -2.15. The van der Waals surface area contributed by atoms with Crippen LogP contribution in [0.3, 0.4) is 0 Å². The van der Waals surface area contributed by atoms with Crippen LogP contribution in [0.4, 0.5) is 0 Å². The summed E-state index contributed by atoms with van der Waals surface area (Å²) in [6.45, 7) is 2.79. The monoisotopic (exact) mass is 211 g/mol. The Hall–Kier alpha value is -0.840. The van der Waals surface area contributed by atoms with Gasteiger partial charge < -0.3 is 19.6 Å². The Bertz CT molecular complexity index is 267. The van der Waals surface area contributed by atoms with Gasteiger partial charge in [0, 0.05) is 19.1 Å². The van der Waals surface area contributed by atoms with Gasteiger partial charge in [0.25, 0.3) is 0 Å². The fourth-order valence-corrected chi connectivity index (χ4v) is 1.71. The second-order valence-corrected chi connectivity index (χ2v) is 3.80. The van der Waals surface area contributed by atoms with Gasteiger partial charge in [-0.25, -0.2) is 0 Å². The molecule has 0 aromatic carbocycles. The van der Waals surface area contributed by atoms with Gasteiger partial charge in [0.05, 0.1) is 19.5 Å². The number of ether oxygens (including phenoxy) is 2. The highest BCUT2D eigenvalue weighted by molar-refractivity contribution is 5.02. The van der Waals surface area contributed by atoms with Crippen LogP contribution in [0.5, 0.6) is 0 Å². The lowest BCUT2D eigenvalue weighted by molar-refractivity contribution is 0.0183.